The molecule has 0 atom stereocenters. The van der Waals surface area contributed by atoms with Gasteiger partial charge in [-0.25, -0.2) is 0 Å². The van der Waals surface area contributed by atoms with Crippen LogP contribution in [0.15, 0.2) is 18.2 Å². The summed E-state index contributed by atoms with van der Waals surface area (Å²) in [6.45, 7) is 8.41. The zero-order chi connectivity index (χ0) is 15.6. The zero-order valence-electron chi connectivity index (χ0n) is 13.7. The lowest BCUT2D eigenvalue weighted by Crippen LogP contribution is -2.56. The second-order valence-electron chi connectivity index (χ2n) is 6.51. The normalized spacial score (nSPS) is 22.5. The molecule has 2 heterocycles. The number of nitrogen functional groups attached to an aromatic ring is 1. The van der Waals surface area contributed by atoms with E-state index in [1.807, 2.05) is 12.1 Å². The van der Waals surface area contributed by atoms with E-state index in [1.54, 1.807) is 7.11 Å². The number of morpholine rings is 1. The molecule has 2 aliphatic heterocycles. The Labute approximate surface area is 133 Å². The standard InChI is InChI=1S/C17H27N3O2/c1-17(20-9-11-22-12-10-20)5-7-19(8-6-17)14-3-4-15(18)16(13-14)21-2/h3-4,13H,5-12,18H2,1-2H3. The highest BCUT2D eigenvalue weighted by molar-refractivity contribution is 5.62. The molecule has 1 aromatic carbocycles. The van der Waals surface area contributed by atoms with Gasteiger partial charge in [0.2, 0.25) is 0 Å². The maximum Gasteiger partial charge on any atom is 0.143 e. The molecule has 2 N–H and O–H groups in total. The molecule has 0 radical (unpaired) electrons. The molecule has 0 aliphatic carbocycles. The van der Waals surface area contributed by atoms with Gasteiger partial charge in [-0.2, -0.15) is 0 Å². The molecule has 0 aromatic heterocycles. The van der Waals surface area contributed by atoms with Crippen molar-refractivity contribution in [3.05, 3.63) is 18.2 Å². The van der Waals surface area contributed by atoms with E-state index in [-0.39, 0.29) is 0 Å². The molecule has 22 heavy (non-hydrogen) atoms. The highest BCUT2D eigenvalue weighted by atomic mass is 16.5. The quantitative estimate of drug-likeness (QED) is 0.865. The van der Waals surface area contributed by atoms with Crippen molar-refractivity contribution in [2.75, 3.05) is 57.1 Å². The predicted molar refractivity (Wildman–Crippen MR) is 89.7 cm³/mol. The topological polar surface area (TPSA) is 51.0 Å². The number of anilines is 2. The zero-order valence-corrected chi connectivity index (χ0v) is 13.7. The van der Waals surface area contributed by atoms with Crippen LogP contribution < -0.4 is 15.4 Å². The second kappa shape index (κ2) is 6.34. The van der Waals surface area contributed by atoms with Crippen LogP contribution in [0, 0.1) is 0 Å². The Bertz CT molecular complexity index is 507. The largest absolute Gasteiger partial charge is 0.495 e. The first-order chi connectivity index (χ1) is 10.6. The molecular formula is C17H27N3O2. The third-order valence-electron chi connectivity index (χ3n) is 5.20. The van der Waals surface area contributed by atoms with Gasteiger partial charge in [0.15, 0.2) is 0 Å². The Morgan fingerprint density at radius 3 is 2.45 bits per heavy atom. The van der Waals surface area contributed by atoms with Gasteiger partial charge in [0.05, 0.1) is 26.0 Å². The van der Waals surface area contributed by atoms with Crippen molar-refractivity contribution < 1.29 is 9.47 Å². The summed E-state index contributed by atoms with van der Waals surface area (Å²) in [5.41, 5.74) is 8.11. The molecule has 2 fully saturated rings. The minimum absolute atomic E-state index is 0.304. The summed E-state index contributed by atoms with van der Waals surface area (Å²) >= 11 is 0. The van der Waals surface area contributed by atoms with Crippen LogP contribution in [0.25, 0.3) is 0 Å². The number of benzene rings is 1. The third-order valence-corrected chi connectivity index (χ3v) is 5.20. The fraction of sp³-hybridized carbons (Fsp3) is 0.647. The molecule has 0 amide bonds. The monoisotopic (exact) mass is 305 g/mol. The van der Waals surface area contributed by atoms with Gasteiger partial charge in [-0.1, -0.05) is 0 Å². The molecule has 2 aliphatic rings. The van der Waals surface area contributed by atoms with E-state index < -0.39 is 0 Å². The Morgan fingerprint density at radius 2 is 1.82 bits per heavy atom. The molecule has 3 rings (SSSR count). The lowest BCUT2D eigenvalue weighted by atomic mass is 9.87. The molecule has 0 spiro atoms. The van der Waals surface area contributed by atoms with Crippen molar-refractivity contribution in [1.82, 2.24) is 4.90 Å². The van der Waals surface area contributed by atoms with Crippen molar-refractivity contribution in [2.45, 2.75) is 25.3 Å². The third kappa shape index (κ3) is 3.01. The van der Waals surface area contributed by atoms with Crippen LogP contribution in [-0.4, -0.2) is 56.9 Å². The fourth-order valence-electron chi connectivity index (χ4n) is 3.56. The molecule has 5 heteroatoms. The van der Waals surface area contributed by atoms with Crippen LogP contribution in [0.1, 0.15) is 19.8 Å². The van der Waals surface area contributed by atoms with Crippen LogP contribution in [-0.2, 0) is 4.74 Å². The average molecular weight is 305 g/mol. The van der Waals surface area contributed by atoms with Crippen LogP contribution in [0.5, 0.6) is 5.75 Å². The van der Waals surface area contributed by atoms with E-state index in [1.165, 1.54) is 18.5 Å². The minimum atomic E-state index is 0.304. The van der Waals surface area contributed by atoms with Gasteiger partial charge in [0, 0.05) is 43.5 Å². The first kappa shape index (κ1) is 15.4. The van der Waals surface area contributed by atoms with Gasteiger partial charge in [-0.3, -0.25) is 4.90 Å². The van der Waals surface area contributed by atoms with Gasteiger partial charge in [-0.15, -0.1) is 0 Å². The maximum atomic E-state index is 5.91. The molecule has 1 aromatic rings. The van der Waals surface area contributed by atoms with Crippen molar-refractivity contribution in [2.24, 2.45) is 0 Å². The highest BCUT2D eigenvalue weighted by Gasteiger charge is 2.36. The number of nitrogens with zero attached hydrogens (tertiary/aromatic N) is 2. The molecule has 0 bridgehead atoms. The number of hydrogen-bond donors (Lipinski definition) is 1. The van der Waals surface area contributed by atoms with Crippen molar-refractivity contribution in [1.29, 1.82) is 0 Å². The Morgan fingerprint density at radius 1 is 1.14 bits per heavy atom. The Balaban J connectivity index is 1.66. The summed E-state index contributed by atoms with van der Waals surface area (Å²) in [5, 5.41) is 0. The van der Waals surface area contributed by atoms with Crippen molar-refractivity contribution >= 4 is 11.4 Å². The van der Waals surface area contributed by atoms with Crippen LogP contribution in [0.4, 0.5) is 11.4 Å². The van der Waals surface area contributed by atoms with E-state index in [0.717, 1.165) is 45.1 Å². The summed E-state index contributed by atoms with van der Waals surface area (Å²) in [4.78, 5) is 5.04. The summed E-state index contributed by atoms with van der Waals surface area (Å²) in [7, 11) is 1.67. The first-order valence-electron chi connectivity index (χ1n) is 8.14. The summed E-state index contributed by atoms with van der Waals surface area (Å²) in [5.74, 6) is 0.763. The molecular weight excluding hydrogens is 278 g/mol. The number of nitrogens with two attached hydrogens (primary N) is 1. The lowest BCUT2D eigenvalue weighted by Gasteiger charge is -2.48. The number of methoxy groups -OCH3 is 1. The van der Waals surface area contributed by atoms with E-state index in [9.17, 15) is 0 Å². The minimum Gasteiger partial charge on any atom is -0.495 e. The molecule has 5 nitrogen and oxygen atoms in total. The lowest BCUT2D eigenvalue weighted by molar-refractivity contribution is -0.0248. The van der Waals surface area contributed by atoms with Gasteiger partial charge in [0.1, 0.15) is 5.75 Å². The van der Waals surface area contributed by atoms with Gasteiger partial charge < -0.3 is 20.1 Å². The van der Waals surface area contributed by atoms with Crippen molar-refractivity contribution in [3.63, 3.8) is 0 Å². The number of piperidine rings is 1. The summed E-state index contributed by atoms with van der Waals surface area (Å²) in [6, 6.07) is 6.08. The summed E-state index contributed by atoms with van der Waals surface area (Å²) in [6.07, 6.45) is 2.36. The Hall–Kier alpha value is -1.46. The predicted octanol–water partition coefficient (Wildman–Crippen LogP) is 1.97. The molecule has 0 saturated carbocycles. The van der Waals surface area contributed by atoms with E-state index in [0.29, 0.717) is 11.2 Å². The van der Waals surface area contributed by atoms with E-state index in [2.05, 4.69) is 22.8 Å². The SMILES string of the molecule is COc1cc(N2CCC(C)(N3CCOCC3)CC2)ccc1N. The summed E-state index contributed by atoms with van der Waals surface area (Å²) < 4.78 is 10.8. The molecule has 122 valence electrons. The average Bonchev–Trinajstić information content (AvgIpc) is 2.57. The second-order valence-corrected chi connectivity index (χ2v) is 6.51. The molecule has 2 saturated heterocycles. The Kier molecular flexibility index (Phi) is 4.45. The van der Waals surface area contributed by atoms with Crippen LogP contribution in [0.3, 0.4) is 0 Å². The number of rotatable bonds is 3. The highest BCUT2D eigenvalue weighted by Crippen LogP contribution is 2.34. The number of hydrogen-bond acceptors (Lipinski definition) is 5. The van der Waals surface area contributed by atoms with Gasteiger partial charge in [-0.05, 0) is 31.9 Å². The van der Waals surface area contributed by atoms with E-state index >= 15 is 0 Å². The fourth-order valence-corrected chi connectivity index (χ4v) is 3.56. The van der Waals surface area contributed by atoms with Crippen LogP contribution in [0.2, 0.25) is 0 Å². The number of ether oxygens (including phenoxy) is 2. The first-order valence-corrected chi connectivity index (χ1v) is 8.14. The van der Waals surface area contributed by atoms with Gasteiger partial charge >= 0.3 is 0 Å². The van der Waals surface area contributed by atoms with Crippen molar-refractivity contribution in [3.8, 4) is 5.75 Å². The van der Waals surface area contributed by atoms with E-state index in [4.69, 9.17) is 15.2 Å². The smallest absolute Gasteiger partial charge is 0.143 e. The maximum absolute atomic E-state index is 5.91. The molecule has 0 unspecified atom stereocenters. The van der Waals surface area contributed by atoms with Gasteiger partial charge in [0.25, 0.3) is 0 Å². The van der Waals surface area contributed by atoms with Crippen LogP contribution >= 0.6 is 0 Å².